The van der Waals surface area contributed by atoms with Crippen LogP contribution in [-0.2, 0) is 19.5 Å². The van der Waals surface area contributed by atoms with E-state index in [4.69, 9.17) is 0 Å². The molecule has 11 heavy (non-hydrogen) atoms. The van der Waals surface area contributed by atoms with Crippen LogP contribution in [0, 0.1) is 13.8 Å². The van der Waals surface area contributed by atoms with Crippen molar-refractivity contribution in [2.24, 2.45) is 0 Å². The molecule has 66 valence electrons. The molecule has 0 saturated heterocycles. The van der Waals surface area contributed by atoms with Crippen molar-refractivity contribution in [2.45, 2.75) is 53.4 Å². The second-order valence-corrected chi connectivity index (χ2v) is 1.71. The molecular weight excluding hydrogens is 185 g/mol. The number of unbranched alkanes of at least 4 members (excludes halogenated alkanes) is 3. The molecule has 0 aliphatic heterocycles. The Labute approximate surface area is 86.9 Å². The van der Waals surface area contributed by atoms with E-state index in [1.54, 1.807) is 13.8 Å². The van der Waals surface area contributed by atoms with Crippen LogP contribution in [0.25, 0.3) is 0 Å². The van der Waals surface area contributed by atoms with Crippen molar-refractivity contribution in [3.8, 4) is 0 Å². The first-order valence-electron chi connectivity index (χ1n) is 4.33. The zero-order chi connectivity index (χ0) is 8.83. The molecule has 0 aliphatic carbocycles. The van der Waals surface area contributed by atoms with Gasteiger partial charge in [0.15, 0.2) is 0 Å². The van der Waals surface area contributed by atoms with Crippen molar-refractivity contribution in [2.75, 3.05) is 0 Å². The maximum atomic E-state index is 3.25. The van der Waals surface area contributed by atoms with Crippen molar-refractivity contribution in [1.82, 2.24) is 0 Å². The van der Waals surface area contributed by atoms with Crippen LogP contribution >= 0.6 is 0 Å². The van der Waals surface area contributed by atoms with E-state index in [9.17, 15) is 0 Å². The molecule has 0 N–H and O–H groups in total. The Kier molecular flexibility index (Phi) is 94.4. The van der Waals surface area contributed by atoms with Crippen LogP contribution in [0.5, 0.6) is 0 Å². The molecule has 0 saturated carbocycles. The first-order valence-corrected chi connectivity index (χ1v) is 4.33. The summed E-state index contributed by atoms with van der Waals surface area (Å²) in [6, 6.07) is 0. The van der Waals surface area contributed by atoms with Crippen LogP contribution in [-0.4, -0.2) is 0 Å². The number of hydrogen-bond donors (Lipinski definition) is 0. The van der Waals surface area contributed by atoms with Crippen LogP contribution in [0.1, 0.15) is 53.4 Å². The molecule has 1 heteroatoms. The number of rotatable bonds is 3. The Hall–Kier alpha value is 0.623. The Morgan fingerprint density at radius 3 is 1.00 bits per heavy atom. The third kappa shape index (κ3) is 60.2. The largest absolute Gasteiger partial charge is 2.00 e. The van der Waals surface area contributed by atoms with E-state index in [0.29, 0.717) is 0 Å². The SMILES string of the molecule is CCCCCC.[CH2-]C.[CH2-]C.[Zn+2]. The minimum Gasteiger partial charge on any atom is -0.346 e. The summed E-state index contributed by atoms with van der Waals surface area (Å²) in [5.74, 6) is 0. The van der Waals surface area contributed by atoms with E-state index in [1.165, 1.54) is 25.7 Å². The maximum absolute atomic E-state index is 3.25. The summed E-state index contributed by atoms with van der Waals surface area (Å²) in [5, 5.41) is 0. The molecule has 0 heterocycles. The van der Waals surface area contributed by atoms with Gasteiger partial charge >= 0.3 is 19.5 Å². The first-order chi connectivity index (χ1) is 4.91. The maximum Gasteiger partial charge on any atom is 2.00 e. The molecule has 0 aliphatic rings. The molecule has 0 radical (unpaired) electrons. The van der Waals surface area contributed by atoms with Gasteiger partial charge in [-0.3, -0.25) is 0 Å². The van der Waals surface area contributed by atoms with Gasteiger partial charge < -0.3 is 13.8 Å². The predicted molar refractivity (Wildman–Crippen MR) is 51.9 cm³/mol. The molecule has 0 aromatic rings. The monoisotopic (exact) mass is 208 g/mol. The smallest absolute Gasteiger partial charge is 0.346 e. The van der Waals surface area contributed by atoms with Crippen molar-refractivity contribution in [3.63, 3.8) is 0 Å². The molecule has 0 aromatic heterocycles. The third-order valence-electron chi connectivity index (χ3n) is 0.957. The average Bonchev–Trinajstić information content (AvgIpc) is 2.08. The third-order valence-corrected chi connectivity index (χ3v) is 0.957. The topological polar surface area (TPSA) is 0 Å². The van der Waals surface area contributed by atoms with E-state index in [-0.39, 0.29) is 19.5 Å². The van der Waals surface area contributed by atoms with Crippen molar-refractivity contribution in [3.05, 3.63) is 13.8 Å². The molecule has 0 nitrogen and oxygen atoms in total. The van der Waals surface area contributed by atoms with Crippen molar-refractivity contribution >= 4 is 0 Å². The summed E-state index contributed by atoms with van der Waals surface area (Å²) >= 11 is 0. The van der Waals surface area contributed by atoms with E-state index < -0.39 is 0 Å². The Balaban J connectivity index is -0.0000000428. The van der Waals surface area contributed by atoms with Gasteiger partial charge in [0.1, 0.15) is 0 Å². The molecule has 0 atom stereocenters. The molecule has 0 fully saturated rings. The zero-order valence-corrected chi connectivity index (χ0v) is 11.9. The molecule has 0 bridgehead atoms. The average molecular weight is 210 g/mol. The second-order valence-electron chi connectivity index (χ2n) is 1.71. The van der Waals surface area contributed by atoms with Crippen molar-refractivity contribution < 1.29 is 19.5 Å². The van der Waals surface area contributed by atoms with Gasteiger partial charge in [0.05, 0.1) is 0 Å². The summed E-state index contributed by atoms with van der Waals surface area (Å²) in [6.07, 6.45) is 5.54. The fraction of sp³-hybridized carbons (Fsp3) is 0.800. The summed E-state index contributed by atoms with van der Waals surface area (Å²) in [7, 11) is 0. The van der Waals surface area contributed by atoms with Gasteiger partial charge in [-0.1, -0.05) is 39.5 Å². The van der Waals surface area contributed by atoms with E-state index in [1.807, 2.05) is 0 Å². The summed E-state index contributed by atoms with van der Waals surface area (Å²) < 4.78 is 0. The van der Waals surface area contributed by atoms with Gasteiger partial charge in [-0.25, -0.2) is 0 Å². The molecule has 0 aromatic carbocycles. The molecule has 0 spiro atoms. The van der Waals surface area contributed by atoms with Gasteiger partial charge in [0, 0.05) is 0 Å². The minimum absolute atomic E-state index is 0. The van der Waals surface area contributed by atoms with Gasteiger partial charge in [-0.2, -0.15) is 13.8 Å². The summed E-state index contributed by atoms with van der Waals surface area (Å²) in [4.78, 5) is 0. The Morgan fingerprint density at radius 2 is 0.909 bits per heavy atom. The van der Waals surface area contributed by atoms with Crippen LogP contribution in [0.3, 0.4) is 0 Å². The minimum atomic E-state index is 0. The standard InChI is InChI=1S/C6H14.2C2H5.Zn/c1-3-5-6-4-2;2*1-2;/h3-6H2,1-2H3;2*1H2,2H3;/q;2*-1;+2. The Morgan fingerprint density at radius 1 is 0.727 bits per heavy atom. The van der Waals surface area contributed by atoms with Crippen LogP contribution < -0.4 is 0 Å². The fourth-order valence-electron chi connectivity index (χ4n) is 0.500. The fourth-order valence-corrected chi connectivity index (χ4v) is 0.500. The molecule has 0 amide bonds. The number of hydrogen-bond acceptors (Lipinski definition) is 0. The van der Waals surface area contributed by atoms with Crippen molar-refractivity contribution in [1.29, 1.82) is 0 Å². The van der Waals surface area contributed by atoms with Gasteiger partial charge in [0.2, 0.25) is 0 Å². The van der Waals surface area contributed by atoms with Gasteiger partial charge in [-0.05, 0) is 0 Å². The van der Waals surface area contributed by atoms with E-state index >= 15 is 0 Å². The van der Waals surface area contributed by atoms with E-state index in [2.05, 4.69) is 27.7 Å². The first kappa shape index (κ1) is 22.6. The second kappa shape index (κ2) is 46.0. The molecular formula is C10H24Zn. The van der Waals surface area contributed by atoms with E-state index in [0.717, 1.165) is 0 Å². The summed E-state index contributed by atoms with van der Waals surface area (Å²) in [6.45, 7) is 14.5. The summed E-state index contributed by atoms with van der Waals surface area (Å²) in [5.41, 5.74) is 0. The zero-order valence-electron chi connectivity index (χ0n) is 8.95. The van der Waals surface area contributed by atoms with Gasteiger partial charge in [-0.15, -0.1) is 0 Å². The van der Waals surface area contributed by atoms with Crippen LogP contribution in [0.4, 0.5) is 0 Å². The molecule has 0 unspecified atom stereocenters. The quantitative estimate of drug-likeness (QED) is 0.370. The predicted octanol–water partition coefficient (Wildman–Crippen LogP) is 4.26. The van der Waals surface area contributed by atoms with Crippen LogP contribution in [0.2, 0.25) is 0 Å². The Bertz CT molecular complexity index is 16.8. The van der Waals surface area contributed by atoms with Crippen LogP contribution in [0.15, 0.2) is 0 Å². The van der Waals surface area contributed by atoms with Gasteiger partial charge in [0.25, 0.3) is 0 Å². The normalized spacial score (nSPS) is 6.00. The molecule has 0 rings (SSSR count).